The molecule has 0 bridgehead atoms. The molecule has 2 rings (SSSR count). The number of rotatable bonds is 4. The number of thiocarbonyl (C=S) groups is 1. The van der Waals surface area contributed by atoms with Crippen molar-refractivity contribution in [2.24, 2.45) is 5.73 Å². The smallest absolute Gasteiger partial charge is 0.228 e. The van der Waals surface area contributed by atoms with Crippen molar-refractivity contribution in [1.29, 1.82) is 0 Å². The Bertz CT molecular complexity index is 641. The lowest BCUT2D eigenvalue weighted by molar-refractivity contribution is -0.115. The fourth-order valence-electron chi connectivity index (χ4n) is 1.74. The lowest BCUT2D eigenvalue weighted by Gasteiger charge is -2.07. The summed E-state index contributed by atoms with van der Waals surface area (Å²) in [6, 6.07) is 12.8. The van der Waals surface area contributed by atoms with E-state index in [1.165, 1.54) is 12.1 Å². The van der Waals surface area contributed by atoms with Gasteiger partial charge in [-0.1, -0.05) is 36.5 Å². The topological polar surface area (TPSA) is 55.1 Å². The molecular weight excluding hydrogens is 275 g/mol. The minimum absolute atomic E-state index is 0.178. The van der Waals surface area contributed by atoms with Gasteiger partial charge < -0.3 is 11.1 Å². The van der Waals surface area contributed by atoms with Crippen molar-refractivity contribution in [3.05, 3.63) is 65.5 Å². The molecule has 0 saturated carbocycles. The molecule has 0 aliphatic carbocycles. The van der Waals surface area contributed by atoms with Gasteiger partial charge in [-0.25, -0.2) is 4.39 Å². The molecule has 20 heavy (non-hydrogen) atoms. The van der Waals surface area contributed by atoms with Crippen LogP contribution in [0.5, 0.6) is 0 Å². The normalized spacial score (nSPS) is 10.1. The number of nitrogens with two attached hydrogens (primary N) is 1. The molecule has 0 saturated heterocycles. The molecule has 102 valence electrons. The number of carbonyl (C=O) groups is 1. The summed E-state index contributed by atoms with van der Waals surface area (Å²) in [5.41, 5.74) is 7.60. The van der Waals surface area contributed by atoms with Crippen LogP contribution in [0.2, 0.25) is 0 Å². The van der Waals surface area contributed by atoms with Gasteiger partial charge in [0.2, 0.25) is 5.91 Å². The highest BCUT2D eigenvalue weighted by atomic mass is 32.1. The number of benzene rings is 2. The van der Waals surface area contributed by atoms with E-state index in [0.29, 0.717) is 11.3 Å². The second-order valence-corrected chi connectivity index (χ2v) is 4.74. The van der Waals surface area contributed by atoms with Gasteiger partial charge in [-0.2, -0.15) is 0 Å². The highest BCUT2D eigenvalue weighted by molar-refractivity contribution is 7.80. The Morgan fingerprint density at radius 3 is 2.55 bits per heavy atom. The van der Waals surface area contributed by atoms with Gasteiger partial charge in [0.25, 0.3) is 0 Å². The molecule has 2 aromatic rings. The first-order valence-electron chi connectivity index (χ1n) is 5.99. The monoisotopic (exact) mass is 288 g/mol. The molecule has 0 spiro atoms. The summed E-state index contributed by atoms with van der Waals surface area (Å²) in [6.07, 6.45) is 0.178. The Labute approximate surface area is 121 Å². The van der Waals surface area contributed by atoms with Gasteiger partial charge in [0.15, 0.2) is 0 Å². The van der Waals surface area contributed by atoms with E-state index >= 15 is 0 Å². The minimum atomic E-state index is -0.321. The van der Waals surface area contributed by atoms with Crippen LogP contribution >= 0.6 is 12.2 Å². The molecule has 0 fully saturated rings. The molecule has 3 nitrogen and oxygen atoms in total. The zero-order valence-corrected chi connectivity index (χ0v) is 11.4. The number of carbonyl (C=O) groups excluding carboxylic acids is 1. The van der Waals surface area contributed by atoms with Gasteiger partial charge in [-0.15, -0.1) is 0 Å². The van der Waals surface area contributed by atoms with Crippen molar-refractivity contribution in [3.63, 3.8) is 0 Å². The van der Waals surface area contributed by atoms with E-state index in [-0.39, 0.29) is 23.1 Å². The van der Waals surface area contributed by atoms with Gasteiger partial charge in [0.1, 0.15) is 10.8 Å². The van der Waals surface area contributed by atoms with E-state index < -0.39 is 0 Å². The van der Waals surface area contributed by atoms with Crippen LogP contribution in [-0.2, 0) is 11.2 Å². The Morgan fingerprint density at radius 2 is 1.90 bits per heavy atom. The molecule has 0 atom stereocenters. The van der Waals surface area contributed by atoms with Crippen LogP contribution in [0.15, 0.2) is 48.5 Å². The molecule has 1 amide bonds. The Morgan fingerprint density at radius 1 is 1.20 bits per heavy atom. The first-order valence-corrected chi connectivity index (χ1v) is 6.39. The van der Waals surface area contributed by atoms with Gasteiger partial charge in [0.05, 0.1) is 6.42 Å². The quantitative estimate of drug-likeness (QED) is 0.850. The van der Waals surface area contributed by atoms with Crippen LogP contribution in [0, 0.1) is 5.82 Å². The van der Waals surface area contributed by atoms with Crippen LogP contribution in [0.4, 0.5) is 10.1 Å². The number of hydrogen-bond donors (Lipinski definition) is 2. The second kappa shape index (κ2) is 6.25. The van der Waals surface area contributed by atoms with E-state index in [1.54, 1.807) is 36.4 Å². The fraction of sp³-hybridized carbons (Fsp3) is 0.0667. The molecule has 0 heterocycles. The summed E-state index contributed by atoms with van der Waals surface area (Å²) >= 11 is 4.88. The van der Waals surface area contributed by atoms with Gasteiger partial charge in [-0.05, 0) is 29.8 Å². The van der Waals surface area contributed by atoms with E-state index in [4.69, 9.17) is 18.0 Å². The molecule has 0 aliphatic heterocycles. The average molecular weight is 288 g/mol. The van der Waals surface area contributed by atoms with Crippen LogP contribution in [0.3, 0.4) is 0 Å². The van der Waals surface area contributed by atoms with Crippen molar-refractivity contribution >= 4 is 28.8 Å². The number of anilines is 1. The summed E-state index contributed by atoms with van der Waals surface area (Å²) in [5, 5.41) is 2.75. The van der Waals surface area contributed by atoms with Crippen molar-refractivity contribution in [2.75, 3.05) is 5.32 Å². The molecule has 2 aromatic carbocycles. The summed E-state index contributed by atoms with van der Waals surface area (Å²) < 4.78 is 12.8. The molecule has 3 N–H and O–H groups in total. The predicted molar refractivity (Wildman–Crippen MR) is 81.1 cm³/mol. The standard InChI is InChI=1S/C15H13FN2OS/c16-12-6-4-10(5-7-12)8-14(19)18-13-3-1-2-11(9-13)15(17)20/h1-7,9H,8H2,(H2,17,20)(H,18,19). The molecule has 5 heteroatoms. The predicted octanol–water partition coefficient (Wildman–Crippen LogP) is 2.64. The van der Waals surface area contributed by atoms with Gasteiger partial charge >= 0.3 is 0 Å². The van der Waals surface area contributed by atoms with Crippen LogP contribution in [0.25, 0.3) is 0 Å². The van der Waals surface area contributed by atoms with Gasteiger partial charge in [-0.3, -0.25) is 4.79 Å². The second-order valence-electron chi connectivity index (χ2n) is 4.30. The van der Waals surface area contributed by atoms with Crippen LogP contribution in [0.1, 0.15) is 11.1 Å². The Kier molecular flexibility index (Phi) is 4.42. The Hall–Kier alpha value is -2.27. The lowest BCUT2D eigenvalue weighted by atomic mass is 10.1. The van der Waals surface area contributed by atoms with Gasteiger partial charge in [0, 0.05) is 11.3 Å². The number of nitrogens with one attached hydrogen (secondary N) is 1. The fourth-order valence-corrected chi connectivity index (χ4v) is 1.87. The maximum absolute atomic E-state index is 12.8. The summed E-state index contributed by atoms with van der Waals surface area (Å²) in [4.78, 5) is 12.2. The summed E-state index contributed by atoms with van der Waals surface area (Å²) in [6.45, 7) is 0. The average Bonchev–Trinajstić information content (AvgIpc) is 2.41. The van der Waals surface area contributed by atoms with E-state index in [0.717, 1.165) is 5.56 Å². The zero-order chi connectivity index (χ0) is 14.5. The highest BCUT2D eigenvalue weighted by Crippen LogP contribution is 2.11. The first-order chi connectivity index (χ1) is 9.54. The number of amides is 1. The number of halogens is 1. The third-order valence-electron chi connectivity index (χ3n) is 2.71. The Balaban J connectivity index is 2.02. The van der Waals surface area contributed by atoms with Crippen LogP contribution in [-0.4, -0.2) is 10.9 Å². The SMILES string of the molecule is NC(=S)c1cccc(NC(=O)Cc2ccc(F)cc2)c1. The number of hydrogen-bond acceptors (Lipinski definition) is 2. The molecule has 0 aromatic heterocycles. The van der Waals surface area contributed by atoms with Crippen molar-refractivity contribution < 1.29 is 9.18 Å². The highest BCUT2D eigenvalue weighted by Gasteiger charge is 2.05. The largest absolute Gasteiger partial charge is 0.389 e. The zero-order valence-electron chi connectivity index (χ0n) is 10.6. The van der Waals surface area contributed by atoms with E-state index in [2.05, 4.69) is 5.32 Å². The van der Waals surface area contributed by atoms with Crippen molar-refractivity contribution in [2.45, 2.75) is 6.42 Å². The maximum Gasteiger partial charge on any atom is 0.228 e. The first kappa shape index (κ1) is 14.1. The molecule has 0 unspecified atom stereocenters. The third kappa shape index (κ3) is 3.86. The minimum Gasteiger partial charge on any atom is -0.389 e. The maximum atomic E-state index is 12.8. The van der Waals surface area contributed by atoms with Crippen molar-refractivity contribution in [3.8, 4) is 0 Å². The third-order valence-corrected chi connectivity index (χ3v) is 2.94. The summed E-state index contributed by atoms with van der Waals surface area (Å²) in [7, 11) is 0. The van der Waals surface area contributed by atoms with Crippen LogP contribution < -0.4 is 11.1 Å². The molecular formula is C15H13FN2OS. The van der Waals surface area contributed by atoms with Crippen molar-refractivity contribution in [1.82, 2.24) is 0 Å². The van der Waals surface area contributed by atoms with E-state index in [1.807, 2.05) is 0 Å². The summed E-state index contributed by atoms with van der Waals surface area (Å²) in [5.74, 6) is -0.505. The lowest BCUT2D eigenvalue weighted by Crippen LogP contribution is -2.15. The van der Waals surface area contributed by atoms with E-state index in [9.17, 15) is 9.18 Å². The molecule has 0 radical (unpaired) electrons. The molecule has 0 aliphatic rings.